The molecular weight excluding hydrogens is 436 g/mol. The van der Waals surface area contributed by atoms with E-state index in [-0.39, 0.29) is 15.5 Å². The van der Waals surface area contributed by atoms with E-state index in [0.29, 0.717) is 17.9 Å². The van der Waals surface area contributed by atoms with Gasteiger partial charge in [-0.1, -0.05) is 47.2 Å². The van der Waals surface area contributed by atoms with Gasteiger partial charge >= 0.3 is 0 Å². The standard InChI is InChI=1S/C21H22N4O4S2/c1-13-9-10-18-16(11-13)12-14(2)25(18)31(27,28)21-24-23-20(30-21)22-19(26)15(3)29-17-7-5-4-6-8-17/h4-11,14-15H,12H2,1-3H3,(H,22,23,26)/t14-,15+/m1/s1. The molecule has 0 saturated carbocycles. The van der Waals surface area contributed by atoms with Crippen LogP contribution in [0.1, 0.15) is 25.0 Å². The number of carbonyl (C=O) groups excluding carboxylic acids is 1. The highest BCUT2D eigenvalue weighted by Crippen LogP contribution is 2.38. The minimum absolute atomic E-state index is 0.100. The molecule has 1 N–H and O–H groups in total. The molecule has 10 heteroatoms. The van der Waals surface area contributed by atoms with Crippen LogP contribution in [-0.2, 0) is 21.2 Å². The van der Waals surface area contributed by atoms with E-state index < -0.39 is 22.0 Å². The molecule has 0 saturated heterocycles. The van der Waals surface area contributed by atoms with Gasteiger partial charge in [0.2, 0.25) is 5.13 Å². The Balaban J connectivity index is 1.50. The molecule has 2 aromatic carbocycles. The van der Waals surface area contributed by atoms with Crippen LogP contribution >= 0.6 is 11.3 Å². The molecule has 0 unspecified atom stereocenters. The van der Waals surface area contributed by atoms with Gasteiger partial charge in [-0.3, -0.25) is 14.4 Å². The lowest BCUT2D eigenvalue weighted by Crippen LogP contribution is -2.35. The summed E-state index contributed by atoms with van der Waals surface area (Å²) in [7, 11) is -3.90. The summed E-state index contributed by atoms with van der Waals surface area (Å²) in [6.07, 6.45) is -0.160. The summed E-state index contributed by atoms with van der Waals surface area (Å²) >= 11 is 0.819. The van der Waals surface area contributed by atoms with Gasteiger partial charge in [0, 0.05) is 6.04 Å². The molecule has 4 rings (SSSR count). The van der Waals surface area contributed by atoms with Gasteiger partial charge in [0.15, 0.2) is 6.10 Å². The summed E-state index contributed by atoms with van der Waals surface area (Å²) < 4.78 is 33.3. The summed E-state index contributed by atoms with van der Waals surface area (Å²) in [5, 5.41) is 10.4. The van der Waals surface area contributed by atoms with E-state index in [0.717, 1.165) is 22.5 Å². The maximum Gasteiger partial charge on any atom is 0.293 e. The molecule has 0 fully saturated rings. The summed E-state index contributed by atoms with van der Waals surface area (Å²) in [6, 6.07) is 14.4. The Morgan fingerprint density at radius 1 is 1.23 bits per heavy atom. The van der Waals surface area contributed by atoms with Crippen LogP contribution in [-0.4, -0.2) is 36.7 Å². The van der Waals surface area contributed by atoms with Crippen molar-refractivity contribution in [2.75, 3.05) is 9.62 Å². The number of rotatable bonds is 6. The quantitative estimate of drug-likeness (QED) is 0.568. The molecule has 0 bridgehead atoms. The summed E-state index contributed by atoms with van der Waals surface area (Å²) in [5.74, 6) is 0.113. The molecule has 8 nitrogen and oxygen atoms in total. The fraction of sp³-hybridized carbons (Fsp3) is 0.286. The van der Waals surface area contributed by atoms with Crippen molar-refractivity contribution in [3.8, 4) is 5.75 Å². The van der Waals surface area contributed by atoms with Crippen molar-refractivity contribution in [3.05, 3.63) is 59.7 Å². The Bertz CT molecular complexity index is 1210. The normalized spacial score (nSPS) is 16.6. The second-order valence-corrected chi connectivity index (χ2v) is 10.4. The molecule has 0 aliphatic carbocycles. The predicted octanol–water partition coefficient (Wildman–Crippen LogP) is 3.39. The predicted molar refractivity (Wildman–Crippen MR) is 119 cm³/mol. The number of para-hydroxylation sites is 1. The van der Waals surface area contributed by atoms with Crippen LogP contribution < -0.4 is 14.4 Å². The Morgan fingerprint density at radius 3 is 2.71 bits per heavy atom. The van der Waals surface area contributed by atoms with Gasteiger partial charge in [0.1, 0.15) is 5.75 Å². The van der Waals surface area contributed by atoms with Gasteiger partial charge in [0.25, 0.3) is 20.3 Å². The Labute approximate surface area is 184 Å². The minimum atomic E-state index is -3.90. The highest BCUT2D eigenvalue weighted by atomic mass is 32.2. The summed E-state index contributed by atoms with van der Waals surface area (Å²) in [6.45, 7) is 5.44. The summed E-state index contributed by atoms with van der Waals surface area (Å²) in [5.41, 5.74) is 2.72. The molecule has 3 aromatic rings. The van der Waals surface area contributed by atoms with Gasteiger partial charge in [-0.25, -0.2) is 0 Å². The number of sulfonamides is 1. The largest absolute Gasteiger partial charge is 0.481 e. The van der Waals surface area contributed by atoms with E-state index in [2.05, 4.69) is 15.5 Å². The van der Waals surface area contributed by atoms with Crippen molar-refractivity contribution in [1.29, 1.82) is 0 Å². The van der Waals surface area contributed by atoms with Crippen LogP contribution in [0.25, 0.3) is 0 Å². The first-order chi connectivity index (χ1) is 14.8. The highest BCUT2D eigenvalue weighted by Gasteiger charge is 2.38. The van der Waals surface area contributed by atoms with Gasteiger partial charge in [0.05, 0.1) is 5.69 Å². The van der Waals surface area contributed by atoms with Crippen LogP contribution in [0.4, 0.5) is 10.8 Å². The zero-order valence-corrected chi connectivity index (χ0v) is 18.9. The second kappa shape index (κ2) is 8.27. The van der Waals surface area contributed by atoms with Crippen molar-refractivity contribution >= 4 is 38.1 Å². The lowest BCUT2D eigenvalue weighted by molar-refractivity contribution is -0.122. The molecule has 31 heavy (non-hydrogen) atoms. The third kappa shape index (κ3) is 4.26. The molecule has 0 radical (unpaired) electrons. The van der Waals surface area contributed by atoms with Gasteiger partial charge in [-0.2, -0.15) is 8.42 Å². The van der Waals surface area contributed by atoms with Crippen molar-refractivity contribution in [3.63, 3.8) is 0 Å². The zero-order valence-electron chi connectivity index (χ0n) is 17.3. The van der Waals surface area contributed by atoms with Crippen LogP contribution in [0, 0.1) is 6.92 Å². The third-order valence-electron chi connectivity index (χ3n) is 4.93. The molecule has 1 aliphatic heterocycles. The first-order valence-electron chi connectivity index (χ1n) is 9.76. The number of amides is 1. The Hall–Kier alpha value is -2.98. The average Bonchev–Trinajstić information content (AvgIpc) is 3.32. The molecule has 1 aromatic heterocycles. The lowest BCUT2D eigenvalue weighted by Gasteiger charge is -2.22. The number of benzene rings is 2. The number of anilines is 2. The Kier molecular flexibility index (Phi) is 5.67. The first-order valence-corrected chi connectivity index (χ1v) is 12.0. The molecule has 2 atom stereocenters. The van der Waals surface area contributed by atoms with Crippen molar-refractivity contribution in [1.82, 2.24) is 10.2 Å². The molecule has 1 aliphatic rings. The fourth-order valence-corrected chi connectivity index (χ4v) is 6.19. The zero-order chi connectivity index (χ0) is 22.2. The van der Waals surface area contributed by atoms with E-state index in [1.807, 2.05) is 38.1 Å². The van der Waals surface area contributed by atoms with Crippen LogP contribution in [0.2, 0.25) is 0 Å². The number of carbonyl (C=O) groups is 1. The smallest absolute Gasteiger partial charge is 0.293 e. The maximum atomic E-state index is 13.3. The highest BCUT2D eigenvalue weighted by molar-refractivity contribution is 7.94. The van der Waals surface area contributed by atoms with Crippen LogP contribution in [0.5, 0.6) is 5.75 Å². The monoisotopic (exact) mass is 458 g/mol. The molecule has 0 spiro atoms. The van der Waals surface area contributed by atoms with Crippen molar-refractivity contribution < 1.29 is 17.9 Å². The van der Waals surface area contributed by atoms with Crippen LogP contribution in [0.15, 0.2) is 52.9 Å². The van der Waals surface area contributed by atoms with Crippen molar-refractivity contribution in [2.24, 2.45) is 0 Å². The average molecular weight is 459 g/mol. The maximum absolute atomic E-state index is 13.3. The van der Waals surface area contributed by atoms with Gasteiger partial charge in [-0.05, 0) is 51.0 Å². The van der Waals surface area contributed by atoms with E-state index in [1.165, 1.54) is 4.31 Å². The van der Waals surface area contributed by atoms with E-state index in [9.17, 15) is 13.2 Å². The number of fused-ring (bicyclic) bond motifs is 1. The number of aromatic nitrogens is 2. The molecule has 162 valence electrons. The number of hydrogen-bond acceptors (Lipinski definition) is 7. The van der Waals surface area contributed by atoms with E-state index >= 15 is 0 Å². The molecule has 1 amide bonds. The second-order valence-electron chi connectivity index (χ2n) is 7.42. The molecular formula is C21H22N4O4S2. The summed E-state index contributed by atoms with van der Waals surface area (Å²) in [4.78, 5) is 12.4. The Morgan fingerprint density at radius 2 is 1.97 bits per heavy atom. The number of nitrogens with zero attached hydrogens (tertiary/aromatic N) is 3. The number of aryl methyl sites for hydroxylation is 1. The number of hydrogen-bond donors (Lipinski definition) is 1. The third-order valence-corrected chi connectivity index (χ3v) is 8.04. The minimum Gasteiger partial charge on any atom is -0.481 e. The van der Waals surface area contributed by atoms with Gasteiger partial charge < -0.3 is 4.74 Å². The lowest BCUT2D eigenvalue weighted by atomic mass is 10.1. The topological polar surface area (TPSA) is 101 Å². The fourth-order valence-electron chi connectivity index (χ4n) is 3.51. The number of nitrogens with one attached hydrogen (secondary N) is 1. The first kappa shape index (κ1) is 21.3. The molecule has 2 heterocycles. The van der Waals surface area contributed by atoms with Crippen molar-refractivity contribution in [2.45, 2.75) is 43.7 Å². The van der Waals surface area contributed by atoms with Gasteiger partial charge in [-0.15, -0.1) is 10.2 Å². The number of ether oxygens (including phenoxy) is 1. The van der Waals surface area contributed by atoms with Crippen LogP contribution in [0.3, 0.4) is 0 Å². The SMILES string of the molecule is Cc1ccc2c(c1)C[C@@H](C)N2S(=O)(=O)c1nnc(NC(=O)[C@H](C)Oc2ccccc2)s1. The van der Waals surface area contributed by atoms with E-state index in [1.54, 1.807) is 31.2 Å². The van der Waals surface area contributed by atoms with E-state index in [4.69, 9.17) is 4.74 Å².